The molecule has 2 nitrogen and oxygen atoms in total. The number of benzene rings is 10. The maximum Gasteiger partial charge on any atom is 0.0465 e. The van der Waals surface area contributed by atoms with Gasteiger partial charge in [0.2, 0.25) is 0 Å². The van der Waals surface area contributed by atoms with E-state index in [1.165, 1.54) is 116 Å². The SMILES string of the molecule is CC1(C)c2ccccc2-c2ccc(N(c3ccc(-c4cc(-c5ccccc5)c(-c5ccc(N(c6ccccc6)c6ccccc6)cc5)cc4-c4ccccc4)cc3)c3cccc(C4CCCCC4)c3)cc21. The maximum absolute atomic E-state index is 2.49. The standard InChI is InChI=1S/C69H58N2/c1-69(2)67-34-19-18-33-61(67)62-44-43-60(46-68(62)69)71(59-32-20-27-54(45-59)49-21-8-3-9-22-49)58-41-37-53(38-42-58)66-48-63(50-23-10-4-11-24-50)65(47-64(66)51-25-12-5-13-26-51)52-35-39-57(40-36-52)70(55-28-14-6-15-29-55)56-30-16-7-17-31-56/h4-7,10-20,23-49H,3,8-9,21-22H2,1-2H3. The third kappa shape index (κ3) is 8.44. The van der Waals surface area contributed by atoms with Gasteiger partial charge in [-0.3, -0.25) is 0 Å². The highest BCUT2D eigenvalue weighted by atomic mass is 15.1. The summed E-state index contributed by atoms with van der Waals surface area (Å²) in [5.41, 5.74) is 23.2. The molecule has 0 N–H and O–H groups in total. The summed E-state index contributed by atoms with van der Waals surface area (Å²) in [6.07, 6.45) is 6.51. The molecule has 0 unspecified atom stereocenters. The summed E-state index contributed by atoms with van der Waals surface area (Å²) in [4.78, 5) is 4.81. The summed E-state index contributed by atoms with van der Waals surface area (Å²) < 4.78 is 0. The minimum absolute atomic E-state index is 0.107. The van der Waals surface area contributed by atoms with Crippen molar-refractivity contribution in [3.63, 3.8) is 0 Å². The molecule has 0 bridgehead atoms. The molecule has 0 spiro atoms. The second-order valence-corrected chi connectivity index (χ2v) is 19.9. The molecule has 0 saturated heterocycles. The monoisotopic (exact) mass is 914 g/mol. The van der Waals surface area contributed by atoms with Crippen molar-refractivity contribution in [3.05, 3.63) is 265 Å². The topological polar surface area (TPSA) is 6.48 Å². The fraction of sp³-hybridized carbons (Fsp3) is 0.130. The van der Waals surface area contributed by atoms with Crippen LogP contribution in [0, 0.1) is 0 Å². The van der Waals surface area contributed by atoms with Gasteiger partial charge in [0.1, 0.15) is 0 Å². The first-order valence-corrected chi connectivity index (χ1v) is 25.5. The van der Waals surface area contributed by atoms with E-state index < -0.39 is 0 Å². The van der Waals surface area contributed by atoms with E-state index in [4.69, 9.17) is 0 Å². The molecule has 10 aromatic carbocycles. The van der Waals surface area contributed by atoms with E-state index in [2.05, 4.69) is 272 Å². The van der Waals surface area contributed by atoms with Gasteiger partial charge in [0.25, 0.3) is 0 Å². The molecule has 0 atom stereocenters. The average Bonchev–Trinajstić information content (AvgIpc) is 3.67. The van der Waals surface area contributed by atoms with E-state index in [0.717, 1.165) is 22.7 Å². The highest BCUT2D eigenvalue weighted by Crippen LogP contribution is 2.51. The quantitative estimate of drug-likeness (QED) is 0.128. The molecule has 2 heteroatoms. The Bertz CT molecular complexity index is 3410. The molecule has 0 amide bonds. The predicted octanol–water partition coefficient (Wildman–Crippen LogP) is 19.6. The molecule has 0 aliphatic heterocycles. The smallest absolute Gasteiger partial charge is 0.0465 e. The fourth-order valence-corrected chi connectivity index (χ4v) is 11.6. The molecule has 0 radical (unpaired) electrons. The molecule has 0 aromatic heterocycles. The van der Waals surface area contributed by atoms with Crippen LogP contribution in [-0.2, 0) is 5.41 Å². The van der Waals surface area contributed by atoms with Crippen molar-refractivity contribution in [2.24, 2.45) is 0 Å². The van der Waals surface area contributed by atoms with Gasteiger partial charge in [0.15, 0.2) is 0 Å². The van der Waals surface area contributed by atoms with Gasteiger partial charge in [-0.2, -0.15) is 0 Å². The second-order valence-electron chi connectivity index (χ2n) is 19.9. The van der Waals surface area contributed by atoms with Crippen molar-refractivity contribution in [2.75, 3.05) is 9.80 Å². The van der Waals surface area contributed by atoms with Gasteiger partial charge >= 0.3 is 0 Å². The van der Waals surface area contributed by atoms with E-state index in [1.54, 1.807) is 0 Å². The van der Waals surface area contributed by atoms with Crippen LogP contribution in [0.2, 0.25) is 0 Å². The zero-order valence-corrected chi connectivity index (χ0v) is 40.7. The Morgan fingerprint density at radius 3 is 1.23 bits per heavy atom. The average molecular weight is 915 g/mol. The molecule has 2 aliphatic carbocycles. The molecule has 1 fully saturated rings. The lowest BCUT2D eigenvalue weighted by Gasteiger charge is -2.29. The van der Waals surface area contributed by atoms with Gasteiger partial charge in [-0.05, 0) is 176 Å². The molecule has 1 saturated carbocycles. The Kier molecular flexibility index (Phi) is 11.8. The first kappa shape index (κ1) is 44.0. The number of anilines is 6. The zero-order chi connectivity index (χ0) is 47.7. The van der Waals surface area contributed by atoms with Crippen LogP contribution in [0.1, 0.15) is 68.6 Å². The second kappa shape index (κ2) is 18.9. The minimum atomic E-state index is -0.107. The Balaban J connectivity index is 0.979. The number of hydrogen-bond acceptors (Lipinski definition) is 2. The highest BCUT2D eigenvalue weighted by Gasteiger charge is 2.36. The Labute approximate surface area is 420 Å². The lowest BCUT2D eigenvalue weighted by atomic mass is 9.82. The molecule has 2 aliphatic rings. The van der Waals surface area contributed by atoms with Crippen LogP contribution < -0.4 is 9.80 Å². The van der Waals surface area contributed by atoms with E-state index >= 15 is 0 Å². The molecule has 71 heavy (non-hydrogen) atoms. The van der Waals surface area contributed by atoms with Gasteiger partial charge in [-0.15, -0.1) is 0 Å². The third-order valence-corrected chi connectivity index (χ3v) is 15.3. The lowest BCUT2D eigenvalue weighted by Crippen LogP contribution is -2.16. The van der Waals surface area contributed by atoms with Crippen molar-refractivity contribution >= 4 is 34.1 Å². The van der Waals surface area contributed by atoms with Crippen molar-refractivity contribution in [1.29, 1.82) is 0 Å². The molecular weight excluding hydrogens is 857 g/mol. The summed E-state index contributed by atoms with van der Waals surface area (Å²) in [6.45, 7) is 4.76. The Hall–Kier alpha value is -8.20. The lowest BCUT2D eigenvalue weighted by molar-refractivity contribution is 0.443. The van der Waals surface area contributed by atoms with Crippen molar-refractivity contribution < 1.29 is 0 Å². The Morgan fingerprint density at radius 2 is 0.690 bits per heavy atom. The predicted molar refractivity (Wildman–Crippen MR) is 301 cm³/mol. The summed E-state index contributed by atoms with van der Waals surface area (Å²) >= 11 is 0. The van der Waals surface area contributed by atoms with Crippen LogP contribution in [0.3, 0.4) is 0 Å². The summed E-state index contributed by atoms with van der Waals surface area (Å²) in [5, 5.41) is 0. The van der Waals surface area contributed by atoms with Crippen LogP contribution in [0.15, 0.2) is 249 Å². The summed E-state index contributed by atoms with van der Waals surface area (Å²) in [5.74, 6) is 0.607. The van der Waals surface area contributed by atoms with E-state index in [-0.39, 0.29) is 5.41 Å². The van der Waals surface area contributed by atoms with Crippen LogP contribution in [0.25, 0.3) is 55.6 Å². The third-order valence-electron chi connectivity index (χ3n) is 15.3. The van der Waals surface area contributed by atoms with E-state index in [1.807, 2.05) is 0 Å². The number of fused-ring (bicyclic) bond motifs is 3. The first-order valence-electron chi connectivity index (χ1n) is 25.5. The highest BCUT2D eigenvalue weighted by molar-refractivity contribution is 5.96. The molecule has 10 aromatic rings. The minimum Gasteiger partial charge on any atom is -0.311 e. The largest absolute Gasteiger partial charge is 0.311 e. The number of hydrogen-bond donors (Lipinski definition) is 0. The van der Waals surface area contributed by atoms with Gasteiger partial charge in [-0.1, -0.05) is 197 Å². The molecule has 0 heterocycles. The van der Waals surface area contributed by atoms with Crippen molar-refractivity contribution in [3.8, 4) is 55.6 Å². The van der Waals surface area contributed by atoms with Crippen LogP contribution in [-0.4, -0.2) is 0 Å². The maximum atomic E-state index is 2.49. The van der Waals surface area contributed by atoms with Crippen molar-refractivity contribution in [2.45, 2.75) is 57.3 Å². The first-order chi connectivity index (χ1) is 35.0. The van der Waals surface area contributed by atoms with E-state index in [0.29, 0.717) is 5.92 Å². The number of rotatable bonds is 11. The van der Waals surface area contributed by atoms with Crippen LogP contribution in [0.4, 0.5) is 34.1 Å². The van der Waals surface area contributed by atoms with Crippen LogP contribution >= 0.6 is 0 Å². The van der Waals surface area contributed by atoms with Crippen molar-refractivity contribution in [1.82, 2.24) is 0 Å². The number of nitrogens with zero attached hydrogens (tertiary/aromatic N) is 2. The van der Waals surface area contributed by atoms with Gasteiger partial charge in [0.05, 0.1) is 0 Å². The van der Waals surface area contributed by atoms with Gasteiger partial charge < -0.3 is 9.80 Å². The fourth-order valence-electron chi connectivity index (χ4n) is 11.6. The Morgan fingerprint density at radius 1 is 0.296 bits per heavy atom. The molecular formula is C69H58N2. The zero-order valence-electron chi connectivity index (χ0n) is 40.7. The van der Waals surface area contributed by atoms with Crippen LogP contribution in [0.5, 0.6) is 0 Å². The van der Waals surface area contributed by atoms with E-state index in [9.17, 15) is 0 Å². The van der Waals surface area contributed by atoms with Gasteiger partial charge in [0, 0.05) is 39.5 Å². The van der Waals surface area contributed by atoms with Gasteiger partial charge in [-0.25, -0.2) is 0 Å². The molecule has 344 valence electrons. The summed E-state index contributed by atoms with van der Waals surface area (Å²) in [7, 11) is 0. The molecule has 12 rings (SSSR count). The summed E-state index contributed by atoms with van der Waals surface area (Å²) in [6, 6.07) is 91.9. The normalized spacial score (nSPS) is 13.8. The number of para-hydroxylation sites is 2.